The highest BCUT2D eigenvalue weighted by Gasteiger charge is 2.33. The van der Waals surface area contributed by atoms with E-state index in [1.807, 2.05) is 0 Å². The number of carbonyl (C=O) groups excluding carboxylic acids is 1. The number of anilines is 1. The number of urea groups is 1. The van der Waals surface area contributed by atoms with Gasteiger partial charge in [0, 0.05) is 12.6 Å². The number of hydrogen-bond donors (Lipinski definition) is 1. The Kier molecular flexibility index (Phi) is 6.09. The first-order chi connectivity index (χ1) is 15.3. The minimum atomic E-state index is -4.14. The summed E-state index contributed by atoms with van der Waals surface area (Å²) in [5, 5.41) is 2.59. The Hall–Kier alpha value is -3.46. The third-order valence-electron chi connectivity index (χ3n) is 4.92. The van der Waals surface area contributed by atoms with Crippen LogP contribution in [0.3, 0.4) is 0 Å². The van der Waals surface area contributed by atoms with Gasteiger partial charge in [-0.1, -0.05) is 24.3 Å². The summed E-state index contributed by atoms with van der Waals surface area (Å²) in [6, 6.07) is 16.2. The van der Waals surface area contributed by atoms with Crippen molar-refractivity contribution in [3.8, 4) is 5.75 Å². The maximum absolute atomic E-state index is 13.9. The summed E-state index contributed by atoms with van der Waals surface area (Å²) in [5.41, 5.74) is 0.734. The SMILES string of the molecule is O=C(Nc1ccccc1F)N(Cc1cccc(OS(=O)(=O)c2ccc(F)cc2)c1)C1CC1. The molecular formula is C23H20F2N2O4S. The van der Waals surface area contributed by atoms with Crippen LogP contribution in [0.2, 0.25) is 0 Å². The highest BCUT2D eigenvalue weighted by molar-refractivity contribution is 7.87. The van der Waals surface area contributed by atoms with Crippen molar-refractivity contribution in [1.29, 1.82) is 0 Å². The van der Waals surface area contributed by atoms with E-state index in [9.17, 15) is 22.0 Å². The number of rotatable bonds is 7. The molecule has 6 nitrogen and oxygen atoms in total. The van der Waals surface area contributed by atoms with Crippen molar-refractivity contribution in [3.63, 3.8) is 0 Å². The Morgan fingerprint density at radius 1 is 1.00 bits per heavy atom. The van der Waals surface area contributed by atoms with E-state index in [4.69, 9.17) is 4.18 Å². The molecule has 4 rings (SSSR count). The molecule has 0 radical (unpaired) electrons. The van der Waals surface area contributed by atoms with Crippen LogP contribution in [-0.2, 0) is 16.7 Å². The molecule has 9 heteroatoms. The average Bonchev–Trinajstić information content (AvgIpc) is 3.59. The van der Waals surface area contributed by atoms with Crippen LogP contribution in [0.25, 0.3) is 0 Å². The quantitative estimate of drug-likeness (QED) is 0.510. The van der Waals surface area contributed by atoms with Gasteiger partial charge in [-0.05, 0) is 66.9 Å². The van der Waals surface area contributed by atoms with Crippen molar-refractivity contribution in [3.05, 3.63) is 90.0 Å². The third-order valence-corrected chi connectivity index (χ3v) is 6.18. The molecule has 3 aromatic rings. The first-order valence-electron chi connectivity index (χ1n) is 9.93. The molecule has 1 aliphatic rings. The topological polar surface area (TPSA) is 75.7 Å². The van der Waals surface area contributed by atoms with Crippen LogP contribution in [-0.4, -0.2) is 25.4 Å². The fourth-order valence-electron chi connectivity index (χ4n) is 3.17. The Bertz CT molecular complexity index is 1230. The molecule has 0 aliphatic heterocycles. The van der Waals surface area contributed by atoms with Gasteiger partial charge in [-0.2, -0.15) is 8.42 Å². The molecule has 0 aromatic heterocycles. The van der Waals surface area contributed by atoms with E-state index >= 15 is 0 Å². The number of amides is 2. The van der Waals surface area contributed by atoms with Gasteiger partial charge in [0.05, 0.1) is 5.69 Å². The maximum atomic E-state index is 13.9. The predicted octanol–water partition coefficient (Wildman–Crippen LogP) is 4.93. The van der Waals surface area contributed by atoms with Gasteiger partial charge in [0.1, 0.15) is 22.3 Å². The Morgan fingerprint density at radius 2 is 1.72 bits per heavy atom. The highest BCUT2D eigenvalue weighted by atomic mass is 32.2. The molecule has 0 heterocycles. The summed E-state index contributed by atoms with van der Waals surface area (Å²) in [4.78, 5) is 14.2. The minimum Gasteiger partial charge on any atom is -0.379 e. The standard InChI is InChI=1S/C23H20F2N2O4S/c24-17-8-12-20(13-9-17)32(29,30)31-19-5-3-4-16(14-19)15-27(18-10-11-18)23(28)26-22-7-2-1-6-21(22)25/h1-9,12-14,18H,10-11,15H2,(H,26,28). The molecule has 0 spiro atoms. The first kappa shape index (κ1) is 21.8. The second kappa shape index (κ2) is 8.96. The number of carbonyl (C=O) groups is 1. The molecule has 3 aromatic carbocycles. The summed E-state index contributed by atoms with van der Waals surface area (Å²) < 4.78 is 57.1. The number of nitrogens with zero attached hydrogens (tertiary/aromatic N) is 1. The molecule has 0 saturated heterocycles. The Morgan fingerprint density at radius 3 is 2.41 bits per heavy atom. The Labute approximate surface area is 184 Å². The molecule has 0 unspecified atom stereocenters. The Balaban J connectivity index is 1.49. The lowest BCUT2D eigenvalue weighted by molar-refractivity contribution is 0.206. The van der Waals surface area contributed by atoms with Gasteiger partial charge >= 0.3 is 16.1 Å². The van der Waals surface area contributed by atoms with Crippen molar-refractivity contribution in [2.45, 2.75) is 30.3 Å². The van der Waals surface area contributed by atoms with Crippen molar-refractivity contribution >= 4 is 21.8 Å². The van der Waals surface area contributed by atoms with Crippen LogP contribution in [0.4, 0.5) is 19.3 Å². The summed E-state index contributed by atoms with van der Waals surface area (Å²) in [6.45, 7) is 0.193. The van der Waals surface area contributed by atoms with E-state index < -0.39 is 27.8 Å². The lowest BCUT2D eigenvalue weighted by Gasteiger charge is -2.23. The fraction of sp³-hybridized carbons (Fsp3) is 0.174. The molecule has 0 bridgehead atoms. The number of halogens is 2. The number of benzene rings is 3. The van der Waals surface area contributed by atoms with E-state index in [1.165, 1.54) is 30.3 Å². The van der Waals surface area contributed by atoms with Gasteiger partial charge in [-0.15, -0.1) is 0 Å². The predicted molar refractivity (Wildman–Crippen MR) is 115 cm³/mol. The van der Waals surface area contributed by atoms with Crippen LogP contribution >= 0.6 is 0 Å². The van der Waals surface area contributed by atoms with Gasteiger partial charge < -0.3 is 14.4 Å². The van der Waals surface area contributed by atoms with E-state index in [0.717, 1.165) is 37.1 Å². The zero-order valence-electron chi connectivity index (χ0n) is 16.9. The van der Waals surface area contributed by atoms with Crippen molar-refractivity contribution in [1.82, 2.24) is 4.90 Å². The van der Waals surface area contributed by atoms with Gasteiger partial charge in [0.2, 0.25) is 0 Å². The van der Waals surface area contributed by atoms with Crippen molar-refractivity contribution in [2.75, 3.05) is 5.32 Å². The second-order valence-electron chi connectivity index (χ2n) is 7.41. The van der Waals surface area contributed by atoms with Crippen molar-refractivity contribution in [2.24, 2.45) is 0 Å². The highest BCUT2D eigenvalue weighted by Crippen LogP contribution is 2.30. The van der Waals surface area contributed by atoms with Crippen LogP contribution in [0, 0.1) is 11.6 Å². The summed E-state index contributed by atoms with van der Waals surface area (Å²) >= 11 is 0. The zero-order valence-corrected chi connectivity index (χ0v) is 17.7. The first-order valence-corrected chi connectivity index (χ1v) is 11.3. The molecule has 166 valence electrons. The van der Waals surface area contributed by atoms with E-state index in [1.54, 1.807) is 23.1 Å². The average molecular weight is 458 g/mol. The van der Waals surface area contributed by atoms with Crippen LogP contribution in [0.15, 0.2) is 77.7 Å². The van der Waals surface area contributed by atoms with Crippen molar-refractivity contribution < 1.29 is 26.2 Å². The van der Waals surface area contributed by atoms with Gasteiger partial charge in [-0.25, -0.2) is 13.6 Å². The number of hydrogen-bond acceptors (Lipinski definition) is 4. The molecule has 1 N–H and O–H groups in total. The van der Waals surface area contributed by atoms with Crippen LogP contribution < -0.4 is 9.50 Å². The molecule has 2 amide bonds. The largest absolute Gasteiger partial charge is 0.379 e. The van der Waals surface area contributed by atoms with E-state index in [0.29, 0.717) is 5.56 Å². The molecule has 32 heavy (non-hydrogen) atoms. The molecule has 0 atom stereocenters. The van der Waals surface area contributed by atoms with Gasteiger partial charge in [-0.3, -0.25) is 0 Å². The molecule has 1 fully saturated rings. The lowest BCUT2D eigenvalue weighted by atomic mass is 10.2. The number of para-hydroxylation sites is 1. The lowest BCUT2D eigenvalue weighted by Crippen LogP contribution is -2.36. The van der Waals surface area contributed by atoms with E-state index in [-0.39, 0.29) is 28.9 Å². The van der Waals surface area contributed by atoms with Gasteiger partial charge in [0.15, 0.2) is 0 Å². The molecule has 1 aliphatic carbocycles. The smallest absolute Gasteiger partial charge is 0.339 e. The zero-order chi connectivity index (χ0) is 22.7. The number of nitrogens with one attached hydrogen (secondary N) is 1. The normalized spacial score (nSPS) is 13.4. The summed E-state index contributed by atoms with van der Waals surface area (Å²) in [5.74, 6) is -1.02. The molecule has 1 saturated carbocycles. The molecular weight excluding hydrogens is 438 g/mol. The minimum absolute atomic E-state index is 0.0225. The maximum Gasteiger partial charge on any atom is 0.339 e. The summed E-state index contributed by atoms with van der Waals surface area (Å²) in [7, 11) is -4.14. The van der Waals surface area contributed by atoms with Gasteiger partial charge in [0.25, 0.3) is 0 Å². The third kappa shape index (κ3) is 5.23. The second-order valence-corrected chi connectivity index (χ2v) is 8.95. The fourth-order valence-corrected chi connectivity index (χ4v) is 4.09. The monoisotopic (exact) mass is 458 g/mol. The van der Waals surface area contributed by atoms with E-state index in [2.05, 4.69) is 5.32 Å². The van der Waals surface area contributed by atoms with Crippen LogP contribution in [0.1, 0.15) is 18.4 Å². The summed E-state index contributed by atoms with van der Waals surface area (Å²) in [6.07, 6.45) is 1.67. The van der Waals surface area contributed by atoms with Crippen LogP contribution in [0.5, 0.6) is 5.75 Å².